The number of benzene rings is 1. The van der Waals surface area contributed by atoms with Crippen molar-refractivity contribution in [3.05, 3.63) is 36.0 Å². The number of nitrogens with two attached hydrogens (primary N) is 1. The highest BCUT2D eigenvalue weighted by atomic mass is 16.6. The zero-order chi connectivity index (χ0) is 15.6. The topological polar surface area (TPSA) is 77.5 Å². The number of hydrogen-bond acceptors (Lipinski definition) is 4. The molecule has 0 saturated heterocycles. The Balaban J connectivity index is 2.31. The van der Waals surface area contributed by atoms with Crippen LogP contribution in [0.3, 0.4) is 0 Å². The second kappa shape index (κ2) is 5.87. The van der Waals surface area contributed by atoms with Gasteiger partial charge in [0, 0.05) is 24.2 Å². The molecule has 1 aromatic heterocycles. The average Bonchev–Trinajstić information content (AvgIpc) is 2.79. The molecule has 1 atom stereocenters. The van der Waals surface area contributed by atoms with Crippen LogP contribution in [-0.4, -0.2) is 28.0 Å². The van der Waals surface area contributed by atoms with Crippen molar-refractivity contribution in [1.82, 2.24) is 4.57 Å². The zero-order valence-corrected chi connectivity index (χ0v) is 12.7. The lowest BCUT2D eigenvalue weighted by atomic mass is 10.0. The fourth-order valence-corrected chi connectivity index (χ4v) is 2.17. The van der Waals surface area contributed by atoms with Crippen LogP contribution in [0.15, 0.2) is 30.5 Å². The van der Waals surface area contributed by atoms with E-state index in [1.165, 1.54) is 4.57 Å². The molecule has 0 aliphatic rings. The summed E-state index contributed by atoms with van der Waals surface area (Å²) in [5.74, 6) is 0. The highest BCUT2D eigenvalue weighted by molar-refractivity contribution is 5.90. The highest BCUT2D eigenvalue weighted by Crippen LogP contribution is 2.23. The summed E-state index contributed by atoms with van der Waals surface area (Å²) < 4.78 is 6.86. The van der Waals surface area contributed by atoms with Crippen molar-refractivity contribution < 1.29 is 14.6 Å². The van der Waals surface area contributed by atoms with Gasteiger partial charge in [0.1, 0.15) is 5.60 Å². The Morgan fingerprint density at radius 2 is 2.10 bits per heavy atom. The summed E-state index contributed by atoms with van der Waals surface area (Å²) in [6.45, 7) is 5.56. The third kappa shape index (κ3) is 3.62. The van der Waals surface area contributed by atoms with Crippen LogP contribution in [-0.2, 0) is 4.74 Å². The van der Waals surface area contributed by atoms with Crippen LogP contribution in [0.5, 0.6) is 0 Å². The summed E-state index contributed by atoms with van der Waals surface area (Å²) >= 11 is 0. The Hall–Kier alpha value is -1.85. The number of fused-ring (bicyclic) bond motifs is 1. The quantitative estimate of drug-likeness (QED) is 0.911. The normalized spacial score (nSPS) is 13.4. The van der Waals surface area contributed by atoms with Crippen molar-refractivity contribution in [1.29, 1.82) is 0 Å². The maximum absolute atomic E-state index is 12.1. The lowest BCUT2D eigenvalue weighted by Crippen LogP contribution is -2.26. The number of carbonyl (C=O) groups excluding carboxylic acids is 1. The second-order valence-electron chi connectivity index (χ2n) is 6.10. The van der Waals surface area contributed by atoms with Gasteiger partial charge in [-0.2, -0.15) is 0 Å². The van der Waals surface area contributed by atoms with Crippen LogP contribution in [0.1, 0.15) is 38.8 Å². The molecule has 2 aromatic rings. The van der Waals surface area contributed by atoms with Crippen molar-refractivity contribution in [2.45, 2.75) is 38.8 Å². The van der Waals surface area contributed by atoms with Gasteiger partial charge in [-0.1, -0.05) is 6.07 Å². The van der Waals surface area contributed by atoms with Crippen LogP contribution in [0.2, 0.25) is 0 Å². The maximum atomic E-state index is 12.1. The summed E-state index contributed by atoms with van der Waals surface area (Å²) in [6.07, 6.45) is 1.81. The van der Waals surface area contributed by atoms with E-state index in [0.29, 0.717) is 6.42 Å². The molecule has 0 aliphatic heterocycles. The summed E-state index contributed by atoms with van der Waals surface area (Å²) in [5, 5.41) is 9.87. The van der Waals surface area contributed by atoms with E-state index in [1.807, 2.05) is 45.0 Å². The van der Waals surface area contributed by atoms with Crippen LogP contribution in [0.4, 0.5) is 4.79 Å². The Kier molecular flexibility index (Phi) is 4.34. The summed E-state index contributed by atoms with van der Waals surface area (Å²) in [6, 6.07) is 7.32. The minimum absolute atomic E-state index is 0.0537. The number of rotatable bonds is 3. The Bertz CT molecular complexity index is 640. The number of nitrogens with zero attached hydrogens (tertiary/aromatic N) is 1. The highest BCUT2D eigenvalue weighted by Gasteiger charge is 2.19. The molecular weight excluding hydrogens is 268 g/mol. The predicted octanol–water partition coefficient (Wildman–Crippen LogP) is 2.81. The van der Waals surface area contributed by atoms with E-state index in [-0.39, 0.29) is 12.6 Å². The van der Waals surface area contributed by atoms with E-state index >= 15 is 0 Å². The van der Waals surface area contributed by atoms with E-state index in [1.54, 1.807) is 6.20 Å². The SMILES string of the molecule is CC(C)(C)OC(=O)n1ccc2cc(C(N)CCO)ccc21. The number of ether oxygens (including phenoxy) is 1. The first-order valence-electron chi connectivity index (χ1n) is 7.02. The Labute approximate surface area is 124 Å². The van der Waals surface area contributed by atoms with Gasteiger partial charge in [0.25, 0.3) is 0 Å². The molecule has 3 N–H and O–H groups in total. The lowest BCUT2D eigenvalue weighted by Gasteiger charge is -2.19. The predicted molar refractivity (Wildman–Crippen MR) is 82.2 cm³/mol. The van der Waals surface area contributed by atoms with E-state index in [9.17, 15) is 4.79 Å². The van der Waals surface area contributed by atoms with Crippen LogP contribution < -0.4 is 5.73 Å². The molecule has 1 heterocycles. The van der Waals surface area contributed by atoms with Crippen LogP contribution in [0.25, 0.3) is 10.9 Å². The maximum Gasteiger partial charge on any atom is 0.418 e. The molecule has 0 fully saturated rings. The molecule has 2 rings (SSSR count). The molecule has 0 saturated carbocycles. The molecule has 0 radical (unpaired) electrons. The molecular formula is C16H22N2O3. The second-order valence-corrected chi connectivity index (χ2v) is 6.10. The lowest BCUT2D eigenvalue weighted by molar-refractivity contribution is 0.0544. The molecule has 5 nitrogen and oxygen atoms in total. The number of aliphatic hydroxyl groups is 1. The van der Waals surface area contributed by atoms with Gasteiger partial charge in [-0.3, -0.25) is 4.57 Å². The molecule has 0 amide bonds. The molecule has 0 aliphatic carbocycles. The van der Waals surface area contributed by atoms with Gasteiger partial charge in [0.15, 0.2) is 0 Å². The van der Waals surface area contributed by atoms with E-state index in [4.69, 9.17) is 15.6 Å². The Morgan fingerprint density at radius 1 is 1.38 bits per heavy atom. The van der Waals surface area contributed by atoms with Crippen molar-refractivity contribution >= 4 is 17.0 Å². The Morgan fingerprint density at radius 3 is 2.71 bits per heavy atom. The zero-order valence-electron chi connectivity index (χ0n) is 12.7. The molecule has 0 bridgehead atoms. The van der Waals surface area contributed by atoms with Gasteiger partial charge in [-0.25, -0.2) is 4.79 Å². The molecule has 114 valence electrons. The standard InChI is InChI=1S/C16H22N2O3/c1-16(2,3)21-15(20)18-8-6-12-10-11(4-5-14(12)18)13(17)7-9-19/h4-6,8,10,13,19H,7,9,17H2,1-3H3. The van der Waals surface area contributed by atoms with Gasteiger partial charge < -0.3 is 15.6 Å². The van der Waals surface area contributed by atoms with Gasteiger partial charge in [-0.05, 0) is 51.0 Å². The molecule has 1 unspecified atom stereocenters. The van der Waals surface area contributed by atoms with Crippen molar-refractivity contribution in [3.8, 4) is 0 Å². The fourth-order valence-electron chi connectivity index (χ4n) is 2.17. The minimum atomic E-state index is -0.531. The molecule has 5 heteroatoms. The molecule has 21 heavy (non-hydrogen) atoms. The average molecular weight is 290 g/mol. The number of aliphatic hydroxyl groups excluding tert-OH is 1. The summed E-state index contributed by atoms with van der Waals surface area (Å²) in [4.78, 5) is 12.1. The van der Waals surface area contributed by atoms with Crippen LogP contribution >= 0.6 is 0 Å². The van der Waals surface area contributed by atoms with Crippen molar-refractivity contribution in [2.75, 3.05) is 6.61 Å². The fraction of sp³-hybridized carbons (Fsp3) is 0.438. The van der Waals surface area contributed by atoms with Crippen molar-refractivity contribution in [2.24, 2.45) is 5.73 Å². The first-order chi connectivity index (χ1) is 9.81. The van der Waals surface area contributed by atoms with E-state index in [2.05, 4.69) is 0 Å². The third-order valence-corrected chi connectivity index (χ3v) is 3.17. The number of aromatic nitrogens is 1. The summed E-state index contributed by atoms with van der Waals surface area (Å²) in [7, 11) is 0. The number of hydrogen-bond donors (Lipinski definition) is 2. The third-order valence-electron chi connectivity index (χ3n) is 3.17. The van der Waals surface area contributed by atoms with Gasteiger partial charge in [0.2, 0.25) is 0 Å². The smallest absolute Gasteiger partial charge is 0.418 e. The minimum Gasteiger partial charge on any atom is -0.443 e. The van der Waals surface area contributed by atoms with Gasteiger partial charge in [0.05, 0.1) is 5.52 Å². The molecule has 0 spiro atoms. The van der Waals surface area contributed by atoms with E-state index in [0.717, 1.165) is 16.5 Å². The van der Waals surface area contributed by atoms with Gasteiger partial charge >= 0.3 is 6.09 Å². The first-order valence-corrected chi connectivity index (χ1v) is 7.02. The van der Waals surface area contributed by atoms with Crippen LogP contribution in [0, 0.1) is 0 Å². The van der Waals surface area contributed by atoms with Gasteiger partial charge in [-0.15, -0.1) is 0 Å². The summed E-state index contributed by atoms with van der Waals surface area (Å²) in [5.41, 5.74) is 7.18. The molecule has 1 aromatic carbocycles. The number of carbonyl (C=O) groups is 1. The van der Waals surface area contributed by atoms with E-state index < -0.39 is 11.7 Å². The largest absolute Gasteiger partial charge is 0.443 e. The first kappa shape index (κ1) is 15.5. The van der Waals surface area contributed by atoms with Crippen molar-refractivity contribution in [3.63, 3.8) is 0 Å². The monoisotopic (exact) mass is 290 g/mol.